The SMILES string of the molecule is CCN(C)C(=O)N1CCN(CCCCCN)CC1. The van der Waals surface area contributed by atoms with Crippen molar-refractivity contribution in [2.75, 3.05) is 52.9 Å². The Morgan fingerprint density at radius 2 is 1.83 bits per heavy atom. The topological polar surface area (TPSA) is 52.8 Å². The van der Waals surface area contributed by atoms with Crippen molar-refractivity contribution in [1.82, 2.24) is 14.7 Å². The highest BCUT2D eigenvalue weighted by molar-refractivity contribution is 5.74. The van der Waals surface area contributed by atoms with Crippen LogP contribution in [0.1, 0.15) is 26.2 Å². The van der Waals surface area contributed by atoms with Gasteiger partial charge in [-0.25, -0.2) is 4.79 Å². The maximum Gasteiger partial charge on any atom is 0.319 e. The maximum atomic E-state index is 12.0. The lowest BCUT2D eigenvalue weighted by Gasteiger charge is -2.36. The molecule has 0 atom stereocenters. The zero-order valence-electron chi connectivity index (χ0n) is 11.9. The summed E-state index contributed by atoms with van der Waals surface area (Å²) in [5.41, 5.74) is 5.48. The Balaban J connectivity index is 2.18. The second-order valence-electron chi connectivity index (χ2n) is 4.97. The minimum atomic E-state index is 0.167. The van der Waals surface area contributed by atoms with Crippen LogP contribution in [0.5, 0.6) is 0 Å². The number of urea groups is 1. The van der Waals surface area contributed by atoms with E-state index in [-0.39, 0.29) is 6.03 Å². The molecule has 0 saturated carbocycles. The molecule has 1 fully saturated rings. The molecule has 1 heterocycles. The molecule has 5 nitrogen and oxygen atoms in total. The summed E-state index contributed by atoms with van der Waals surface area (Å²) >= 11 is 0. The van der Waals surface area contributed by atoms with Gasteiger partial charge in [-0.2, -0.15) is 0 Å². The van der Waals surface area contributed by atoms with Gasteiger partial charge in [0.05, 0.1) is 0 Å². The molecule has 0 aliphatic carbocycles. The van der Waals surface area contributed by atoms with E-state index in [2.05, 4.69) is 4.90 Å². The normalized spacial score (nSPS) is 16.9. The second kappa shape index (κ2) is 8.32. The van der Waals surface area contributed by atoms with Gasteiger partial charge >= 0.3 is 6.03 Å². The lowest BCUT2D eigenvalue weighted by Crippen LogP contribution is -2.52. The first-order valence-corrected chi connectivity index (χ1v) is 7.11. The van der Waals surface area contributed by atoms with E-state index in [1.807, 2.05) is 18.9 Å². The van der Waals surface area contributed by atoms with Gasteiger partial charge in [0.1, 0.15) is 0 Å². The van der Waals surface area contributed by atoms with Crippen LogP contribution in [0.25, 0.3) is 0 Å². The first kappa shape index (κ1) is 15.2. The molecule has 0 spiro atoms. The van der Waals surface area contributed by atoms with E-state index in [4.69, 9.17) is 5.73 Å². The van der Waals surface area contributed by atoms with Gasteiger partial charge in [0.15, 0.2) is 0 Å². The van der Waals surface area contributed by atoms with Crippen molar-refractivity contribution in [2.45, 2.75) is 26.2 Å². The highest BCUT2D eigenvalue weighted by Gasteiger charge is 2.22. The summed E-state index contributed by atoms with van der Waals surface area (Å²) in [7, 11) is 1.86. The number of amides is 2. The molecule has 2 amide bonds. The van der Waals surface area contributed by atoms with Crippen LogP contribution >= 0.6 is 0 Å². The molecule has 2 N–H and O–H groups in total. The number of carbonyl (C=O) groups excluding carboxylic acids is 1. The highest BCUT2D eigenvalue weighted by Crippen LogP contribution is 2.06. The Bertz CT molecular complexity index is 239. The van der Waals surface area contributed by atoms with E-state index in [0.717, 1.165) is 52.2 Å². The Labute approximate surface area is 111 Å². The molecule has 0 bridgehead atoms. The molecule has 1 rings (SSSR count). The molecular weight excluding hydrogens is 228 g/mol. The van der Waals surface area contributed by atoms with Crippen LogP contribution in [0, 0.1) is 0 Å². The minimum Gasteiger partial charge on any atom is -0.330 e. The van der Waals surface area contributed by atoms with Crippen molar-refractivity contribution in [3.05, 3.63) is 0 Å². The largest absolute Gasteiger partial charge is 0.330 e. The summed E-state index contributed by atoms with van der Waals surface area (Å²) in [5.74, 6) is 0. The predicted molar refractivity (Wildman–Crippen MR) is 74.6 cm³/mol. The van der Waals surface area contributed by atoms with E-state index in [0.29, 0.717) is 0 Å². The van der Waals surface area contributed by atoms with Crippen molar-refractivity contribution in [3.63, 3.8) is 0 Å². The average molecular weight is 256 g/mol. The van der Waals surface area contributed by atoms with Gasteiger partial charge in [-0.15, -0.1) is 0 Å². The first-order chi connectivity index (χ1) is 8.69. The van der Waals surface area contributed by atoms with Gasteiger partial charge in [0.25, 0.3) is 0 Å². The fourth-order valence-electron chi connectivity index (χ4n) is 2.20. The third-order valence-electron chi connectivity index (χ3n) is 3.62. The summed E-state index contributed by atoms with van der Waals surface area (Å²) in [6.45, 7) is 8.46. The van der Waals surface area contributed by atoms with E-state index in [9.17, 15) is 4.79 Å². The summed E-state index contributed by atoms with van der Waals surface area (Å²) in [6.07, 6.45) is 3.56. The van der Waals surface area contributed by atoms with Crippen molar-refractivity contribution in [2.24, 2.45) is 5.73 Å². The molecule has 1 aliphatic rings. The highest BCUT2D eigenvalue weighted by atomic mass is 16.2. The van der Waals surface area contributed by atoms with Crippen molar-refractivity contribution >= 4 is 6.03 Å². The predicted octanol–water partition coefficient (Wildman–Crippen LogP) is 0.805. The van der Waals surface area contributed by atoms with Crippen LogP contribution < -0.4 is 5.73 Å². The zero-order valence-corrected chi connectivity index (χ0v) is 11.9. The quantitative estimate of drug-likeness (QED) is 0.715. The van der Waals surface area contributed by atoms with Crippen LogP contribution in [0.15, 0.2) is 0 Å². The Kier molecular flexibility index (Phi) is 7.05. The zero-order chi connectivity index (χ0) is 13.4. The Morgan fingerprint density at radius 1 is 1.17 bits per heavy atom. The summed E-state index contributed by atoms with van der Waals surface area (Å²) in [5, 5.41) is 0. The Hall–Kier alpha value is -0.810. The van der Waals surface area contributed by atoms with Gasteiger partial charge in [-0.1, -0.05) is 6.42 Å². The fraction of sp³-hybridized carbons (Fsp3) is 0.923. The number of carbonyl (C=O) groups is 1. The molecular formula is C13H28N4O. The fourth-order valence-corrected chi connectivity index (χ4v) is 2.20. The van der Waals surface area contributed by atoms with E-state index < -0.39 is 0 Å². The number of rotatable bonds is 6. The summed E-state index contributed by atoms with van der Waals surface area (Å²) in [4.78, 5) is 18.1. The van der Waals surface area contributed by atoms with Crippen molar-refractivity contribution in [1.29, 1.82) is 0 Å². The Morgan fingerprint density at radius 3 is 2.39 bits per heavy atom. The number of piperazine rings is 1. The van der Waals surface area contributed by atoms with Gasteiger partial charge < -0.3 is 15.5 Å². The number of unbranched alkanes of at least 4 members (excludes halogenated alkanes) is 2. The molecule has 106 valence electrons. The first-order valence-electron chi connectivity index (χ1n) is 7.11. The number of nitrogens with zero attached hydrogens (tertiary/aromatic N) is 3. The molecule has 0 aromatic rings. The van der Waals surface area contributed by atoms with Crippen LogP contribution in [0.4, 0.5) is 4.79 Å². The smallest absolute Gasteiger partial charge is 0.319 e. The third kappa shape index (κ3) is 4.82. The summed E-state index contributed by atoms with van der Waals surface area (Å²) in [6, 6.07) is 0.167. The molecule has 1 aliphatic heterocycles. The molecule has 5 heteroatoms. The lowest BCUT2D eigenvalue weighted by atomic mass is 10.2. The van der Waals surface area contributed by atoms with Crippen LogP contribution in [0.2, 0.25) is 0 Å². The van der Waals surface area contributed by atoms with Crippen LogP contribution in [-0.4, -0.2) is 73.6 Å². The van der Waals surface area contributed by atoms with E-state index in [1.165, 1.54) is 12.8 Å². The number of hydrogen-bond acceptors (Lipinski definition) is 3. The average Bonchev–Trinajstić information content (AvgIpc) is 2.42. The van der Waals surface area contributed by atoms with E-state index in [1.54, 1.807) is 4.90 Å². The van der Waals surface area contributed by atoms with Crippen molar-refractivity contribution < 1.29 is 4.79 Å². The van der Waals surface area contributed by atoms with Crippen LogP contribution in [0.3, 0.4) is 0 Å². The molecule has 0 aromatic heterocycles. The number of nitrogens with two attached hydrogens (primary N) is 1. The molecule has 1 saturated heterocycles. The van der Waals surface area contributed by atoms with Gasteiger partial charge in [-0.05, 0) is 32.9 Å². The van der Waals surface area contributed by atoms with Gasteiger partial charge in [-0.3, -0.25) is 4.90 Å². The van der Waals surface area contributed by atoms with Gasteiger partial charge in [0, 0.05) is 39.8 Å². The second-order valence-corrected chi connectivity index (χ2v) is 4.97. The maximum absolute atomic E-state index is 12.0. The van der Waals surface area contributed by atoms with Crippen LogP contribution in [-0.2, 0) is 0 Å². The van der Waals surface area contributed by atoms with E-state index >= 15 is 0 Å². The monoisotopic (exact) mass is 256 g/mol. The minimum absolute atomic E-state index is 0.167. The van der Waals surface area contributed by atoms with Crippen molar-refractivity contribution in [3.8, 4) is 0 Å². The number of hydrogen-bond donors (Lipinski definition) is 1. The standard InChI is InChI=1S/C13H28N4O/c1-3-15(2)13(18)17-11-9-16(10-12-17)8-6-4-5-7-14/h3-12,14H2,1-2H3. The molecule has 0 aromatic carbocycles. The lowest BCUT2D eigenvalue weighted by molar-refractivity contribution is 0.118. The third-order valence-corrected chi connectivity index (χ3v) is 3.62. The molecule has 0 unspecified atom stereocenters. The summed E-state index contributed by atoms with van der Waals surface area (Å²) < 4.78 is 0. The van der Waals surface area contributed by atoms with Gasteiger partial charge in [0.2, 0.25) is 0 Å². The molecule has 18 heavy (non-hydrogen) atoms. The molecule has 0 radical (unpaired) electrons.